The van der Waals surface area contributed by atoms with Gasteiger partial charge in [-0.05, 0) is 25.8 Å². The topological polar surface area (TPSA) is 124 Å². The molecule has 0 radical (unpaired) electrons. The van der Waals surface area contributed by atoms with Gasteiger partial charge in [0.05, 0.1) is 23.6 Å². The molecule has 10 nitrogen and oxygen atoms in total. The highest BCUT2D eigenvalue weighted by atomic mass is 32.2. The van der Waals surface area contributed by atoms with Crippen molar-refractivity contribution in [3.8, 4) is 5.75 Å². The lowest BCUT2D eigenvalue weighted by Crippen LogP contribution is -2.31. The number of aliphatic hydroxyl groups is 1. The lowest BCUT2D eigenvalue weighted by atomic mass is 10.2. The predicted molar refractivity (Wildman–Crippen MR) is 115 cm³/mol. The second-order valence-corrected chi connectivity index (χ2v) is 8.29. The van der Waals surface area contributed by atoms with Crippen LogP contribution in [0, 0.1) is 10.1 Å². The normalized spacial score (nSPS) is 15.5. The van der Waals surface area contributed by atoms with Gasteiger partial charge < -0.3 is 19.3 Å². The van der Waals surface area contributed by atoms with Crippen molar-refractivity contribution in [3.63, 3.8) is 0 Å². The molecule has 0 spiro atoms. The van der Waals surface area contributed by atoms with Crippen LogP contribution in [-0.2, 0) is 17.9 Å². The van der Waals surface area contributed by atoms with E-state index in [0.717, 1.165) is 31.6 Å². The number of nitro benzene ring substituents is 1. The van der Waals surface area contributed by atoms with Crippen LogP contribution in [0.5, 0.6) is 5.75 Å². The first kappa shape index (κ1) is 23.0. The Balaban J connectivity index is 1.53. The molecule has 1 aliphatic rings. The molecule has 31 heavy (non-hydrogen) atoms. The number of thioether (sulfide) groups is 1. The summed E-state index contributed by atoms with van der Waals surface area (Å²) in [6.45, 7) is 3.84. The van der Waals surface area contributed by atoms with Crippen molar-refractivity contribution in [2.24, 2.45) is 0 Å². The third kappa shape index (κ3) is 6.41. The summed E-state index contributed by atoms with van der Waals surface area (Å²) in [7, 11) is 0. The monoisotopic (exact) mass is 449 g/mol. The number of rotatable bonds is 10. The number of non-ortho nitro benzene ring substituents is 1. The van der Waals surface area contributed by atoms with Crippen molar-refractivity contribution in [3.05, 3.63) is 40.2 Å². The second-order valence-electron chi connectivity index (χ2n) is 7.30. The number of hydrogen-bond donors (Lipinski definition) is 1. The number of carbonyl (C=O) groups excluding carboxylic acids is 1. The molecule has 1 unspecified atom stereocenters. The van der Waals surface area contributed by atoms with E-state index in [-0.39, 0.29) is 18.2 Å². The quantitative estimate of drug-likeness (QED) is 0.333. The lowest BCUT2D eigenvalue weighted by molar-refractivity contribution is -0.384. The maximum absolute atomic E-state index is 12.3. The van der Waals surface area contributed by atoms with E-state index < -0.39 is 11.0 Å². The molecule has 2 heterocycles. The number of benzene rings is 1. The number of amides is 1. The van der Waals surface area contributed by atoms with Crippen LogP contribution >= 0.6 is 11.8 Å². The fourth-order valence-corrected chi connectivity index (χ4v) is 4.26. The van der Waals surface area contributed by atoms with E-state index in [4.69, 9.17) is 4.74 Å². The van der Waals surface area contributed by atoms with Crippen LogP contribution in [0.2, 0.25) is 0 Å². The fraction of sp³-hybridized carbons (Fsp3) is 0.550. The Hall–Kier alpha value is -2.66. The molecule has 1 fully saturated rings. The van der Waals surface area contributed by atoms with Gasteiger partial charge in [0.2, 0.25) is 5.91 Å². The molecule has 1 saturated heterocycles. The highest BCUT2D eigenvalue weighted by Crippen LogP contribution is 2.22. The van der Waals surface area contributed by atoms with E-state index in [9.17, 15) is 20.0 Å². The highest BCUT2D eigenvalue weighted by Gasteiger charge is 2.21. The number of likely N-dealkylation sites (tertiary alicyclic amines) is 1. The van der Waals surface area contributed by atoms with Crippen LogP contribution in [0.15, 0.2) is 29.4 Å². The second kappa shape index (κ2) is 11.1. The van der Waals surface area contributed by atoms with Crippen LogP contribution in [0.1, 0.15) is 38.4 Å². The van der Waals surface area contributed by atoms with Crippen molar-refractivity contribution in [2.45, 2.75) is 57.0 Å². The number of aromatic nitrogens is 3. The first-order chi connectivity index (χ1) is 15.0. The zero-order chi connectivity index (χ0) is 22.2. The Morgan fingerprint density at radius 3 is 2.94 bits per heavy atom. The van der Waals surface area contributed by atoms with Gasteiger partial charge in [-0.3, -0.25) is 14.9 Å². The van der Waals surface area contributed by atoms with Gasteiger partial charge in [-0.2, -0.15) is 0 Å². The molecule has 1 amide bonds. The summed E-state index contributed by atoms with van der Waals surface area (Å²) in [6.07, 6.45) is 2.80. The van der Waals surface area contributed by atoms with E-state index in [2.05, 4.69) is 10.2 Å². The molecule has 1 atom stereocenters. The van der Waals surface area contributed by atoms with Gasteiger partial charge in [-0.15, -0.1) is 10.2 Å². The summed E-state index contributed by atoms with van der Waals surface area (Å²) in [6, 6.07) is 5.85. The lowest BCUT2D eigenvalue weighted by Gasteiger charge is -2.20. The summed E-state index contributed by atoms with van der Waals surface area (Å²) < 4.78 is 7.43. The molecule has 3 rings (SSSR count). The predicted octanol–water partition coefficient (Wildman–Crippen LogP) is 2.64. The van der Waals surface area contributed by atoms with Crippen molar-refractivity contribution in [1.82, 2.24) is 19.7 Å². The SMILES string of the molecule is CCn1c(CN2CCCCCC2=O)nnc1SCC(O)COc1cccc([N+](=O)[O-])c1. The number of carbonyl (C=O) groups is 1. The first-order valence-electron chi connectivity index (χ1n) is 10.4. The number of nitrogens with zero attached hydrogens (tertiary/aromatic N) is 5. The van der Waals surface area contributed by atoms with Gasteiger partial charge >= 0.3 is 0 Å². The molecule has 168 valence electrons. The number of ether oxygens (including phenoxy) is 1. The van der Waals surface area contributed by atoms with E-state index in [1.165, 1.54) is 30.0 Å². The zero-order valence-electron chi connectivity index (χ0n) is 17.5. The average Bonchev–Trinajstić information content (AvgIpc) is 3.04. The van der Waals surface area contributed by atoms with Gasteiger partial charge in [0.1, 0.15) is 12.4 Å². The molecule has 2 aromatic rings. The maximum Gasteiger partial charge on any atom is 0.273 e. The third-order valence-electron chi connectivity index (χ3n) is 4.99. The molecule has 1 aliphatic heterocycles. The molecule has 0 saturated carbocycles. The Kier molecular flexibility index (Phi) is 8.24. The molecule has 0 aliphatic carbocycles. The molecule has 0 bridgehead atoms. The Bertz CT molecular complexity index is 906. The van der Waals surface area contributed by atoms with Crippen LogP contribution in [0.3, 0.4) is 0 Å². The van der Waals surface area contributed by atoms with Crippen molar-refractivity contribution in [2.75, 3.05) is 18.9 Å². The number of hydrogen-bond acceptors (Lipinski definition) is 8. The molecule has 11 heteroatoms. The molecular formula is C20H27N5O5S. The smallest absolute Gasteiger partial charge is 0.273 e. The number of aliphatic hydroxyl groups excluding tert-OH is 1. The van der Waals surface area contributed by atoms with Crippen LogP contribution < -0.4 is 4.74 Å². The fourth-order valence-electron chi connectivity index (χ4n) is 3.33. The van der Waals surface area contributed by atoms with Crippen LogP contribution in [-0.4, -0.2) is 60.6 Å². The summed E-state index contributed by atoms with van der Waals surface area (Å²) >= 11 is 1.36. The van der Waals surface area contributed by atoms with Crippen LogP contribution in [0.25, 0.3) is 0 Å². The average molecular weight is 450 g/mol. The minimum absolute atomic E-state index is 0.00354. The summed E-state index contributed by atoms with van der Waals surface area (Å²) in [4.78, 5) is 24.5. The molecular weight excluding hydrogens is 422 g/mol. The van der Waals surface area contributed by atoms with E-state index >= 15 is 0 Å². The number of nitro groups is 1. The van der Waals surface area contributed by atoms with E-state index in [1.807, 2.05) is 16.4 Å². The Morgan fingerprint density at radius 1 is 1.32 bits per heavy atom. The Morgan fingerprint density at radius 2 is 2.16 bits per heavy atom. The minimum Gasteiger partial charge on any atom is -0.491 e. The van der Waals surface area contributed by atoms with Crippen molar-refractivity contribution in [1.29, 1.82) is 0 Å². The van der Waals surface area contributed by atoms with E-state index in [1.54, 1.807) is 6.07 Å². The van der Waals surface area contributed by atoms with Gasteiger partial charge in [0.25, 0.3) is 5.69 Å². The maximum atomic E-state index is 12.3. The van der Waals surface area contributed by atoms with Crippen molar-refractivity contribution < 1.29 is 19.6 Å². The summed E-state index contributed by atoms with van der Waals surface area (Å²) in [5, 5.41) is 30.3. The summed E-state index contributed by atoms with van der Waals surface area (Å²) in [5.74, 6) is 1.56. The molecule has 1 N–H and O–H groups in total. The largest absolute Gasteiger partial charge is 0.491 e. The zero-order valence-corrected chi connectivity index (χ0v) is 18.3. The van der Waals surface area contributed by atoms with Gasteiger partial charge in [-0.1, -0.05) is 24.2 Å². The summed E-state index contributed by atoms with van der Waals surface area (Å²) in [5.41, 5.74) is -0.0622. The first-order valence-corrected chi connectivity index (χ1v) is 11.3. The standard InChI is InChI=1S/C20H27N5O5S/c1-2-24-18(12-23-10-5-3-4-9-19(23)27)21-22-20(24)31-14-16(26)13-30-17-8-6-7-15(11-17)25(28)29/h6-8,11,16,26H,2-5,9-10,12-14H2,1H3. The highest BCUT2D eigenvalue weighted by molar-refractivity contribution is 7.99. The van der Waals surface area contributed by atoms with Gasteiger partial charge in [0.15, 0.2) is 11.0 Å². The van der Waals surface area contributed by atoms with Gasteiger partial charge in [0, 0.05) is 31.3 Å². The van der Waals surface area contributed by atoms with E-state index in [0.29, 0.717) is 36.2 Å². The molecule has 1 aromatic heterocycles. The van der Waals surface area contributed by atoms with Crippen molar-refractivity contribution >= 4 is 23.4 Å². The molecule has 1 aromatic carbocycles. The third-order valence-corrected chi connectivity index (χ3v) is 6.10. The Labute approximate surface area is 184 Å². The van der Waals surface area contributed by atoms with Crippen LogP contribution in [0.4, 0.5) is 5.69 Å². The minimum atomic E-state index is -0.790. The van der Waals surface area contributed by atoms with Gasteiger partial charge in [-0.25, -0.2) is 0 Å².